The molecule has 0 aliphatic rings. The van der Waals surface area contributed by atoms with Crippen molar-refractivity contribution in [3.8, 4) is 28.7 Å². The standard InChI is InChI=1S/C22H16FN5O/c23-17-9-6-15(7-10-17)20-18-12-16(8-11-19(18)25-26-20)21-24-22(28-27-21)29-13-14-4-2-1-3-5-14/h1-12H,13H2,(H,25,26)(H,24,27,28). The molecule has 0 fully saturated rings. The summed E-state index contributed by atoms with van der Waals surface area (Å²) in [4.78, 5) is 4.43. The van der Waals surface area contributed by atoms with Gasteiger partial charge in [-0.2, -0.15) is 10.1 Å². The predicted molar refractivity (Wildman–Crippen MR) is 108 cm³/mol. The van der Waals surface area contributed by atoms with E-state index in [1.165, 1.54) is 12.1 Å². The first-order valence-corrected chi connectivity index (χ1v) is 9.10. The maximum atomic E-state index is 13.2. The van der Waals surface area contributed by atoms with Crippen molar-refractivity contribution < 1.29 is 9.13 Å². The maximum absolute atomic E-state index is 13.2. The van der Waals surface area contributed by atoms with Gasteiger partial charge in [-0.3, -0.25) is 10.2 Å². The van der Waals surface area contributed by atoms with E-state index in [9.17, 15) is 4.39 Å². The summed E-state index contributed by atoms with van der Waals surface area (Å²) in [5, 5.41) is 15.4. The third-order valence-corrected chi connectivity index (χ3v) is 4.63. The second kappa shape index (κ2) is 7.20. The molecule has 0 aliphatic heterocycles. The topological polar surface area (TPSA) is 79.5 Å². The number of fused-ring (bicyclic) bond motifs is 1. The van der Waals surface area contributed by atoms with Crippen LogP contribution in [0, 0.1) is 5.82 Å². The van der Waals surface area contributed by atoms with Crippen LogP contribution in [-0.4, -0.2) is 25.4 Å². The molecule has 0 atom stereocenters. The molecule has 5 aromatic rings. The number of rotatable bonds is 5. The number of hydrogen-bond acceptors (Lipinski definition) is 4. The van der Waals surface area contributed by atoms with Crippen LogP contribution in [0.1, 0.15) is 5.56 Å². The summed E-state index contributed by atoms with van der Waals surface area (Å²) in [6, 6.07) is 22.2. The lowest BCUT2D eigenvalue weighted by Gasteiger charge is -2.01. The summed E-state index contributed by atoms with van der Waals surface area (Å²) >= 11 is 0. The van der Waals surface area contributed by atoms with Crippen LogP contribution in [0.2, 0.25) is 0 Å². The van der Waals surface area contributed by atoms with Gasteiger partial charge in [-0.15, -0.1) is 5.10 Å². The van der Waals surface area contributed by atoms with Crippen LogP contribution in [0.5, 0.6) is 6.01 Å². The molecule has 0 saturated carbocycles. The Balaban J connectivity index is 1.42. The summed E-state index contributed by atoms with van der Waals surface area (Å²) in [6.45, 7) is 0.396. The molecule has 5 rings (SSSR count). The average molecular weight is 385 g/mol. The SMILES string of the molecule is Fc1ccc(-c2n[nH]c3ccc(-c4nc(OCc5ccccc5)n[nH]4)cc23)cc1. The molecule has 0 bridgehead atoms. The molecule has 7 heteroatoms. The van der Waals surface area contributed by atoms with E-state index >= 15 is 0 Å². The van der Waals surface area contributed by atoms with Gasteiger partial charge < -0.3 is 4.74 Å². The molecule has 6 nitrogen and oxygen atoms in total. The van der Waals surface area contributed by atoms with E-state index in [-0.39, 0.29) is 11.8 Å². The zero-order valence-electron chi connectivity index (χ0n) is 15.3. The molecule has 0 radical (unpaired) electrons. The molecule has 0 unspecified atom stereocenters. The Hall–Kier alpha value is -4.00. The van der Waals surface area contributed by atoms with Crippen molar-refractivity contribution in [2.45, 2.75) is 6.61 Å². The second-order valence-electron chi connectivity index (χ2n) is 6.58. The number of nitrogens with one attached hydrogen (secondary N) is 2. The van der Waals surface area contributed by atoms with E-state index in [4.69, 9.17) is 4.74 Å². The highest BCUT2D eigenvalue weighted by atomic mass is 19.1. The van der Waals surface area contributed by atoms with Crippen LogP contribution in [0.15, 0.2) is 72.8 Å². The van der Waals surface area contributed by atoms with Gasteiger partial charge in [0.25, 0.3) is 0 Å². The van der Waals surface area contributed by atoms with Gasteiger partial charge in [-0.25, -0.2) is 4.39 Å². The molecule has 0 spiro atoms. The van der Waals surface area contributed by atoms with Crippen molar-refractivity contribution in [1.82, 2.24) is 25.4 Å². The number of benzene rings is 3. The number of hydrogen-bond donors (Lipinski definition) is 2. The van der Waals surface area contributed by atoms with Gasteiger partial charge in [0.1, 0.15) is 12.4 Å². The van der Waals surface area contributed by atoms with Crippen molar-refractivity contribution >= 4 is 10.9 Å². The van der Waals surface area contributed by atoms with Crippen LogP contribution in [0.3, 0.4) is 0 Å². The van der Waals surface area contributed by atoms with Gasteiger partial charge in [0.2, 0.25) is 0 Å². The second-order valence-corrected chi connectivity index (χ2v) is 6.58. The Morgan fingerprint density at radius 2 is 1.62 bits per heavy atom. The molecule has 2 heterocycles. The van der Waals surface area contributed by atoms with Crippen molar-refractivity contribution in [3.63, 3.8) is 0 Å². The van der Waals surface area contributed by atoms with E-state index in [2.05, 4.69) is 25.4 Å². The molecule has 0 aliphatic carbocycles. The number of H-pyrrole nitrogens is 2. The third kappa shape index (κ3) is 3.45. The summed E-state index contributed by atoms with van der Waals surface area (Å²) in [6.07, 6.45) is 0. The van der Waals surface area contributed by atoms with Crippen LogP contribution in [0.4, 0.5) is 4.39 Å². The Kier molecular flexibility index (Phi) is 4.25. The number of halogens is 1. The molecular formula is C22H16FN5O. The van der Waals surface area contributed by atoms with Crippen molar-refractivity contribution in [3.05, 3.63) is 84.2 Å². The molecule has 3 aromatic carbocycles. The Labute approximate surface area is 165 Å². The minimum atomic E-state index is -0.279. The zero-order valence-corrected chi connectivity index (χ0v) is 15.3. The van der Waals surface area contributed by atoms with E-state index in [0.717, 1.165) is 33.3 Å². The van der Waals surface area contributed by atoms with Crippen molar-refractivity contribution in [2.75, 3.05) is 0 Å². The van der Waals surface area contributed by atoms with Crippen LogP contribution in [0.25, 0.3) is 33.5 Å². The lowest BCUT2D eigenvalue weighted by Crippen LogP contribution is -1.96. The fraction of sp³-hybridized carbons (Fsp3) is 0.0455. The van der Waals surface area contributed by atoms with Gasteiger partial charge in [-0.1, -0.05) is 30.3 Å². The highest BCUT2D eigenvalue weighted by Crippen LogP contribution is 2.30. The molecular weight excluding hydrogens is 369 g/mol. The maximum Gasteiger partial charge on any atom is 0.336 e. The first-order valence-electron chi connectivity index (χ1n) is 9.10. The largest absolute Gasteiger partial charge is 0.458 e. The monoisotopic (exact) mass is 385 g/mol. The Bertz CT molecular complexity index is 1260. The van der Waals surface area contributed by atoms with E-state index < -0.39 is 0 Å². The lowest BCUT2D eigenvalue weighted by atomic mass is 10.1. The van der Waals surface area contributed by atoms with Gasteiger partial charge in [-0.05, 0) is 48.0 Å². The fourth-order valence-corrected chi connectivity index (χ4v) is 3.15. The lowest BCUT2D eigenvalue weighted by molar-refractivity contribution is 0.282. The average Bonchev–Trinajstić information content (AvgIpc) is 3.40. The van der Waals surface area contributed by atoms with Crippen molar-refractivity contribution in [2.24, 2.45) is 0 Å². The molecule has 142 valence electrons. The van der Waals surface area contributed by atoms with Gasteiger partial charge in [0, 0.05) is 16.5 Å². The van der Waals surface area contributed by atoms with E-state index in [1.807, 2.05) is 48.5 Å². The number of ether oxygens (including phenoxy) is 1. The summed E-state index contributed by atoms with van der Waals surface area (Å²) in [5.41, 5.74) is 4.36. The first kappa shape index (κ1) is 17.1. The van der Waals surface area contributed by atoms with Crippen LogP contribution < -0.4 is 4.74 Å². The third-order valence-electron chi connectivity index (χ3n) is 4.63. The molecule has 0 saturated heterocycles. The Morgan fingerprint density at radius 1 is 0.828 bits per heavy atom. The fourth-order valence-electron chi connectivity index (χ4n) is 3.15. The molecule has 2 N–H and O–H groups in total. The van der Waals surface area contributed by atoms with Gasteiger partial charge >= 0.3 is 6.01 Å². The van der Waals surface area contributed by atoms with Crippen LogP contribution in [-0.2, 0) is 6.61 Å². The number of nitrogens with zero attached hydrogens (tertiary/aromatic N) is 3. The van der Waals surface area contributed by atoms with Gasteiger partial charge in [0.15, 0.2) is 5.82 Å². The van der Waals surface area contributed by atoms with E-state index in [0.29, 0.717) is 12.4 Å². The minimum Gasteiger partial charge on any atom is -0.458 e. The molecule has 29 heavy (non-hydrogen) atoms. The van der Waals surface area contributed by atoms with Crippen LogP contribution >= 0.6 is 0 Å². The quantitative estimate of drug-likeness (QED) is 0.458. The number of aromatic nitrogens is 5. The smallest absolute Gasteiger partial charge is 0.336 e. The zero-order chi connectivity index (χ0) is 19.6. The minimum absolute atomic E-state index is 0.279. The van der Waals surface area contributed by atoms with E-state index in [1.54, 1.807) is 12.1 Å². The molecule has 0 amide bonds. The number of aromatic amines is 2. The Morgan fingerprint density at radius 3 is 2.45 bits per heavy atom. The summed E-state index contributed by atoms with van der Waals surface area (Å²) < 4.78 is 18.9. The summed E-state index contributed by atoms with van der Waals surface area (Å²) in [7, 11) is 0. The highest BCUT2D eigenvalue weighted by molar-refractivity contribution is 5.95. The van der Waals surface area contributed by atoms with Gasteiger partial charge in [0.05, 0.1) is 11.2 Å². The van der Waals surface area contributed by atoms with Crippen molar-refractivity contribution in [1.29, 1.82) is 0 Å². The predicted octanol–water partition coefficient (Wildman–Crippen LogP) is 4.73. The summed E-state index contributed by atoms with van der Waals surface area (Å²) in [5.74, 6) is 0.320. The first-order chi connectivity index (χ1) is 14.3. The highest BCUT2D eigenvalue weighted by Gasteiger charge is 2.12. The molecule has 2 aromatic heterocycles. The normalized spacial score (nSPS) is 11.1.